The molecule has 1 amide bonds. The first-order chi connectivity index (χ1) is 7.65. The topological polar surface area (TPSA) is 33.2 Å². The third-order valence-electron chi connectivity index (χ3n) is 2.22. The van der Waals surface area contributed by atoms with E-state index in [1.165, 1.54) is 6.20 Å². The van der Waals surface area contributed by atoms with Gasteiger partial charge in [0.2, 0.25) is 0 Å². The average Bonchev–Trinajstić information content (AvgIpc) is 2.29. The molecule has 0 aliphatic rings. The summed E-state index contributed by atoms with van der Waals surface area (Å²) in [6.07, 6.45) is 5.18. The Morgan fingerprint density at radius 3 is 2.94 bits per heavy atom. The van der Waals surface area contributed by atoms with Crippen molar-refractivity contribution in [2.24, 2.45) is 0 Å². The van der Waals surface area contributed by atoms with Crippen molar-refractivity contribution in [3.8, 4) is 0 Å². The van der Waals surface area contributed by atoms with E-state index in [1.807, 2.05) is 6.08 Å². The van der Waals surface area contributed by atoms with Crippen LogP contribution in [0.2, 0.25) is 5.15 Å². The number of carbonyl (C=O) groups excluding carboxylic acids is 1. The maximum Gasteiger partial charge on any atom is 0.255 e. The number of carbonyl (C=O) groups is 1. The number of hydrogen-bond donors (Lipinski definition) is 0. The van der Waals surface area contributed by atoms with Crippen molar-refractivity contribution in [2.75, 3.05) is 13.6 Å². The molecule has 3 nitrogen and oxygen atoms in total. The van der Waals surface area contributed by atoms with Gasteiger partial charge in [-0.1, -0.05) is 17.7 Å². The van der Waals surface area contributed by atoms with Gasteiger partial charge in [-0.05, 0) is 25.0 Å². The fraction of sp³-hybridized carbons (Fsp3) is 0.333. The van der Waals surface area contributed by atoms with Crippen LogP contribution >= 0.6 is 11.6 Å². The van der Waals surface area contributed by atoms with Crippen LogP contribution in [0, 0.1) is 0 Å². The van der Waals surface area contributed by atoms with E-state index >= 15 is 0 Å². The van der Waals surface area contributed by atoms with Crippen LogP contribution in [0.25, 0.3) is 0 Å². The molecular formula is C12H15ClN2O. The number of pyridine rings is 1. The average molecular weight is 239 g/mol. The molecule has 86 valence electrons. The maximum atomic E-state index is 11.9. The first kappa shape index (κ1) is 12.7. The number of unbranched alkanes of at least 4 members (excludes halogenated alkanes) is 1. The molecule has 1 heterocycles. The molecule has 4 heteroatoms. The standard InChI is InChI=1S/C12H15ClN2O/c1-3-4-5-8-15(2)12(16)10-6-7-11(13)14-9-10/h3,6-7,9H,1,4-5,8H2,2H3. The Morgan fingerprint density at radius 1 is 1.62 bits per heavy atom. The van der Waals surface area contributed by atoms with Gasteiger partial charge in [0.15, 0.2) is 0 Å². The van der Waals surface area contributed by atoms with Crippen LogP contribution < -0.4 is 0 Å². The van der Waals surface area contributed by atoms with Gasteiger partial charge in [0.25, 0.3) is 5.91 Å². The van der Waals surface area contributed by atoms with E-state index < -0.39 is 0 Å². The molecule has 1 rings (SSSR count). The van der Waals surface area contributed by atoms with Gasteiger partial charge in [0.1, 0.15) is 5.15 Å². The first-order valence-electron chi connectivity index (χ1n) is 5.13. The summed E-state index contributed by atoms with van der Waals surface area (Å²) in [6, 6.07) is 3.30. The number of aromatic nitrogens is 1. The van der Waals surface area contributed by atoms with Gasteiger partial charge in [-0.2, -0.15) is 0 Å². The second-order valence-electron chi connectivity index (χ2n) is 3.53. The minimum absolute atomic E-state index is 0.0340. The highest BCUT2D eigenvalue weighted by molar-refractivity contribution is 6.29. The van der Waals surface area contributed by atoms with Crippen LogP contribution in [0.3, 0.4) is 0 Å². The summed E-state index contributed by atoms with van der Waals surface area (Å²) in [4.78, 5) is 17.4. The number of hydrogen-bond acceptors (Lipinski definition) is 2. The van der Waals surface area contributed by atoms with Crippen molar-refractivity contribution in [1.82, 2.24) is 9.88 Å². The molecule has 0 unspecified atom stereocenters. The molecule has 0 radical (unpaired) electrons. The van der Waals surface area contributed by atoms with E-state index in [-0.39, 0.29) is 5.91 Å². The molecule has 0 bridgehead atoms. The van der Waals surface area contributed by atoms with Crippen molar-refractivity contribution in [1.29, 1.82) is 0 Å². The Bertz CT molecular complexity index is 362. The van der Waals surface area contributed by atoms with Crippen LogP contribution in [0.4, 0.5) is 0 Å². The summed E-state index contributed by atoms with van der Waals surface area (Å²) in [5.74, 6) is -0.0340. The Hall–Kier alpha value is -1.35. The van der Waals surface area contributed by atoms with Crippen molar-refractivity contribution in [3.05, 3.63) is 41.7 Å². The number of amides is 1. The second kappa shape index (κ2) is 6.28. The van der Waals surface area contributed by atoms with Gasteiger partial charge in [-0.25, -0.2) is 4.98 Å². The van der Waals surface area contributed by atoms with E-state index in [0.29, 0.717) is 17.3 Å². The van der Waals surface area contributed by atoms with Gasteiger partial charge < -0.3 is 4.90 Å². The molecule has 0 aliphatic carbocycles. The van der Waals surface area contributed by atoms with Crippen LogP contribution in [-0.4, -0.2) is 29.4 Å². The highest BCUT2D eigenvalue weighted by Gasteiger charge is 2.10. The Balaban J connectivity index is 2.56. The smallest absolute Gasteiger partial charge is 0.255 e. The van der Waals surface area contributed by atoms with E-state index in [2.05, 4.69) is 11.6 Å². The lowest BCUT2D eigenvalue weighted by Gasteiger charge is -2.16. The van der Waals surface area contributed by atoms with Crippen LogP contribution in [-0.2, 0) is 0 Å². The minimum atomic E-state index is -0.0340. The summed E-state index contributed by atoms with van der Waals surface area (Å²) >= 11 is 5.65. The van der Waals surface area contributed by atoms with Gasteiger partial charge in [-0.15, -0.1) is 6.58 Å². The summed E-state index contributed by atoms with van der Waals surface area (Å²) in [7, 11) is 1.78. The minimum Gasteiger partial charge on any atom is -0.342 e. The van der Waals surface area contributed by atoms with Crippen LogP contribution in [0.1, 0.15) is 23.2 Å². The van der Waals surface area contributed by atoms with Crippen molar-refractivity contribution in [2.45, 2.75) is 12.8 Å². The fourth-order valence-corrected chi connectivity index (χ4v) is 1.41. The van der Waals surface area contributed by atoms with Gasteiger partial charge >= 0.3 is 0 Å². The molecule has 1 aromatic heterocycles. The zero-order chi connectivity index (χ0) is 12.0. The molecule has 0 fully saturated rings. The normalized spacial score (nSPS) is 9.88. The monoisotopic (exact) mass is 238 g/mol. The zero-order valence-corrected chi connectivity index (χ0v) is 10.1. The quantitative estimate of drug-likeness (QED) is 0.449. The fourth-order valence-electron chi connectivity index (χ4n) is 1.30. The molecule has 0 N–H and O–H groups in total. The number of allylic oxidation sites excluding steroid dienone is 1. The SMILES string of the molecule is C=CCCCN(C)C(=O)c1ccc(Cl)nc1. The molecule has 0 saturated carbocycles. The van der Waals surface area contributed by atoms with Crippen LogP contribution in [0.15, 0.2) is 31.0 Å². The summed E-state index contributed by atoms with van der Waals surface area (Å²) in [6.45, 7) is 4.36. The molecular weight excluding hydrogens is 224 g/mol. The molecule has 0 spiro atoms. The molecule has 0 aliphatic heterocycles. The summed E-state index contributed by atoms with van der Waals surface area (Å²) < 4.78 is 0. The van der Waals surface area contributed by atoms with Gasteiger partial charge in [-0.3, -0.25) is 4.79 Å². The van der Waals surface area contributed by atoms with Gasteiger partial charge in [0.05, 0.1) is 5.56 Å². The lowest BCUT2D eigenvalue weighted by atomic mass is 10.2. The third kappa shape index (κ3) is 3.66. The molecule has 16 heavy (non-hydrogen) atoms. The third-order valence-corrected chi connectivity index (χ3v) is 2.45. The molecule has 1 aromatic rings. The van der Waals surface area contributed by atoms with Crippen molar-refractivity contribution in [3.63, 3.8) is 0 Å². The predicted octanol–water partition coefficient (Wildman–Crippen LogP) is 2.77. The highest BCUT2D eigenvalue weighted by Crippen LogP contribution is 2.08. The summed E-state index contributed by atoms with van der Waals surface area (Å²) in [5.41, 5.74) is 0.561. The van der Waals surface area contributed by atoms with Crippen molar-refractivity contribution < 1.29 is 4.79 Å². The van der Waals surface area contributed by atoms with E-state index in [0.717, 1.165) is 12.8 Å². The highest BCUT2D eigenvalue weighted by atomic mass is 35.5. The Kier molecular flexibility index (Phi) is 4.99. The number of halogens is 1. The van der Waals surface area contributed by atoms with Crippen LogP contribution in [0.5, 0.6) is 0 Å². The number of rotatable bonds is 5. The number of nitrogens with zero attached hydrogens (tertiary/aromatic N) is 2. The molecule has 0 saturated heterocycles. The Labute approximate surface area is 101 Å². The summed E-state index contributed by atoms with van der Waals surface area (Å²) in [5, 5.41) is 0.394. The van der Waals surface area contributed by atoms with E-state index in [1.54, 1.807) is 24.1 Å². The molecule has 0 aromatic carbocycles. The largest absolute Gasteiger partial charge is 0.342 e. The Morgan fingerprint density at radius 2 is 2.38 bits per heavy atom. The van der Waals surface area contributed by atoms with E-state index in [4.69, 9.17) is 11.6 Å². The van der Waals surface area contributed by atoms with Crippen molar-refractivity contribution >= 4 is 17.5 Å². The lowest BCUT2D eigenvalue weighted by molar-refractivity contribution is 0.0793. The first-order valence-corrected chi connectivity index (χ1v) is 5.51. The lowest BCUT2D eigenvalue weighted by Crippen LogP contribution is -2.27. The predicted molar refractivity (Wildman–Crippen MR) is 65.6 cm³/mol. The maximum absolute atomic E-state index is 11.9. The zero-order valence-electron chi connectivity index (χ0n) is 9.32. The van der Waals surface area contributed by atoms with Gasteiger partial charge in [0, 0.05) is 19.8 Å². The second-order valence-corrected chi connectivity index (χ2v) is 3.91. The molecule has 0 atom stereocenters. The van der Waals surface area contributed by atoms with E-state index in [9.17, 15) is 4.79 Å².